The molecular formula is C23H40Na2O9S. The summed E-state index contributed by atoms with van der Waals surface area (Å²) in [4.78, 5) is 34.0. The molecule has 12 heteroatoms. The number of esters is 2. The predicted octanol–water partition coefficient (Wildman–Crippen LogP) is -3.00. The zero-order valence-corrected chi connectivity index (χ0v) is 26.9. The topological polar surface area (TPSA) is 150 Å². The summed E-state index contributed by atoms with van der Waals surface area (Å²) in [5.41, 5.74) is 0. The molecule has 0 amide bonds. The molecule has 0 aromatic rings. The first-order chi connectivity index (χ1) is 15.6. The van der Waals surface area contributed by atoms with E-state index in [0.29, 0.717) is 19.3 Å². The van der Waals surface area contributed by atoms with Crippen molar-refractivity contribution in [3.63, 3.8) is 0 Å². The number of aliphatic carboxylic acids is 1. The van der Waals surface area contributed by atoms with Gasteiger partial charge in [-0.3, -0.25) is 9.59 Å². The fourth-order valence-corrected chi connectivity index (χ4v) is 4.13. The van der Waals surface area contributed by atoms with Crippen LogP contribution in [0.1, 0.15) is 110 Å². The number of carboxylic acid groups (broad SMARTS) is 1. The van der Waals surface area contributed by atoms with E-state index in [1.54, 1.807) is 0 Å². The fraction of sp³-hybridized carbons (Fsp3) is 0.870. The monoisotopic (exact) mass is 538 g/mol. The summed E-state index contributed by atoms with van der Waals surface area (Å²) >= 11 is 0. The molecule has 0 aromatic carbocycles. The molecule has 0 fully saturated rings. The first-order valence-corrected chi connectivity index (χ1v) is 13.5. The normalized spacial score (nSPS) is 12.5. The van der Waals surface area contributed by atoms with Gasteiger partial charge in [-0.2, -0.15) is 0 Å². The Bertz CT molecular complexity index is 672. The van der Waals surface area contributed by atoms with Crippen molar-refractivity contribution in [3.05, 3.63) is 0 Å². The number of carboxylic acids is 1. The van der Waals surface area contributed by atoms with Crippen LogP contribution in [0.5, 0.6) is 0 Å². The van der Waals surface area contributed by atoms with Crippen LogP contribution in [-0.2, 0) is 34.0 Å². The molecule has 0 N–H and O–H groups in total. The first-order valence-electron chi connectivity index (χ1n) is 12.0. The minimum Gasteiger partial charge on any atom is -0.747 e. The van der Waals surface area contributed by atoms with Crippen LogP contribution >= 0.6 is 0 Å². The maximum Gasteiger partial charge on any atom is 1.00 e. The van der Waals surface area contributed by atoms with Crippen LogP contribution in [0.2, 0.25) is 0 Å². The van der Waals surface area contributed by atoms with E-state index in [-0.39, 0.29) is 65.1 Å². The maximum absolute atomic E-state index is 12.1. The molecule has 0 heterocycles. The van der Waals surface area contributed by atoms with Gasteiger partial charge in [0.25, 0.3) is 0 Å². The molecule has 0 aromatic heterocycles. The minimum atomic E-state index is -5.20. The van der Waals surface area contributed by atoms with Crippen molar-refractivity contribution in [2.24, 2.45) is 0 Å². The van der Waals surface area contributed by atoms with Crippen molar-refractivity contribution in [2.75, 3.05) is 7.11 Å². The van der Waals surface area contributed by atoms with Crippen LogP contribution in [0.25, 0.3) is 0 Å². The van der Waals surface area contributed by atoms with Gasteiger partial charge in [0.1, 0.15) is 16.2 Å². The Morgan fingerprint density at radius 1 is 0.771 bits per heavy atom. The number of carbonyl (C=O) groups excluding carboxylic acids is 3. The van der Waals surface area contributed by atoms with Crippen molar-refractivity contribution < 1.29 is 101 Å². The Labute approximate surface area is 255 Å². The number of ether oxygens (including phenoxy) is 2. The van der Waals surface area contributed by atoms with Crippen molar-refractivity contribution in [2.45, 2.75) is 121 Å². The number of unbranched alkanes of at least 4 members (excludes halogenated alkanes) is 10. The summed E-state index contributed by atoms with van der Waals surface area (Å²) in [5.74, 6) is -3.27. The summed E-state index contributed by atoms with van der Waals surface area (Å²) in [6.07, 6.45) is 12.1. The summed E-state index contributed by atoms with van der Waals surface area (Å²) in [6, 6.07) is 0. The van der Waals surface area contributed by atoms with E-state index in [0.717, 1.165) is 77.0 Å². The second-order valence-corrected chi connectivity index (χ2v) is 9.96. The molecule has 0 saturated heterocycles. The summed E-state index contributed by atoms with van der Waals surface area (Å²) in [5, 5.41) is 8.46. The van der Waals surface area contributed by atoms with Crippen molar-refractivity contribution in [3.8, 4) is 0 Å². The van der Waals surface area contributed by atoms with E-state index >= 15 is 0 Å². The quantitative estimate of drug-likeness (QED) is 0.0645. The molecule has 0 rings (SSSR count). The average molecular weight is 539 g/mol. The molecule has 194 valence electrons. The third-order valence-electron chi connectivity index (χ3n) is 5.53. The molecule has 0 aliphatic carbocycles. The first kappa shape index (κ1) is 39.8. The molecule has 9 nitrogen and oxygen atoms in total. The SMILES string of the molecule is CCCCCCC(CCCCCCCCCCC(=O)OC)OC(=O)CC(C(=O)[O-])S(=O)(=O)[O-].[Na+].[Na+]. The summed E-state index contributed by atoms with van der Waals surface area (Å²) in [6.45, 7) is 2.08. The Hall–Kier alpha value is 0.320. The smallest absolute Gasteiger partial charge is 0.747 e. The van der Waals surface area contributed by atoms with Gasteiger partial charge in [0.2, 0.25) is 0 Å². The van der Waals surface area contributed by atoms with Gasteiger partial charge in [0.15, 0.2) is 0 Å². The number of rotatable bonds is 21. The van der Waals surface area contributed by atoms with E-state index in [4.69, 9.17) is 4.74 Å². The summed E-state index contributed by atoms with van der Waals surface area (Å²) in [7, 11) is -3.81. The molecule has 0 spiro atoms. The Morgan fingerprint density at radius 3 is 1.66 bits per heavy atom. The Balaban J connectivity index is -0.00000512. The van der Waals surface area contributed by atoms with Gasteiger partial charge in [-0.05, 0) is 32.1 Å². The van der Waals surface area contributed by atoms with Crippen LogP contribution in [-0.4, -0.2) is 49.3 Å². The van der Waals surface area contributed by atoms with Gasteiger partial charge in [-0.25, -0.2) is 8.42 Å². The van der Waals surface area contributed by atoms with E-state index in [1.807, 2.05) is 0 Å². The predicted molar refractivity (Wildman–Crippen MR) is 120 cm³/mol. The number of methoxy groups -OCH3 is 1. The number of hydrogen-bond donors (Lipinski definition) is 0. The van der Waals surface area contributed by atoms with Crippen molar-refractivity contribution >= 4 is 28.0 Å². The second kappa shape index (κ2) is 24.6. The molecule has 2 atom stereocenters. The van der Waals surface area contributed by atoms with Gasteiger partial charge in [-0.1, -0.05) is 64.7 Å². The van der Waals surface area contributed by atoms with Gasteiger partial charge >= 0.3 is 71.1 Å². The van der Waals surface area contributed by atoms with Gasteiger partial charge in [-0.15, -0.1) is 0 Å². The third kappa shape index (κ3) is 23.2. The molecule has 0 aliphatic heterocycles. The largest absolute Gasteiger partial charge is 1.00 e. The van der Waals surface area contributed by atoms with E-state index < -0.39 is 39.8 Å². The number of carbonyl (C=O) groups is 3. The van der Waals surface area contributed by atoms with Gasteiger partial charge in [0, 0.05) is 6.42 Å². The van der Waals surface area contributed by atoms with E-state index in [9.17, 15) is 32.5 Å². The van der Waals surface area contributed by atoms with Crippen LogP contribution in [0.4, 0.5) is 0 Å². The number of hydrogen-bond acceptors (Lipinski definition) is 9. The second-order valence-electron chi connectivity index (χ2n) is 8.41. The molecule has 0 radical (unpaired) electrons. The maximum atomic E-state index is 12.1. The van der Waals surface area contributed by atoms with Crippen LogP contribution in [0.15, 0.2) is 0 Å². The standard InChI is InChI=1S/C23H42O9S.2Na/c1-3-4-5-12-15-19(32-22(25)18-20(23(26)27)33(28,29)30)16-13-10-8-6-7-9-11-14-17-21(24)31-2;;/h19-20H,3-18H2,1-2H3,(H,26,27)(H,28,29,30);;/q;2*+1/p-2. The fourth-order valence-electron chi connectivity index (χ4n) is 3.55. The van der Waals surface area contributed by atoms with E-state index in [1.165, 1.54) is 7.11 Å². The molecule has 0 aliphatic rings. The zero-order valence-electron chi connectivity index (χ0n) is 22.1. The molecular weight excluding hydrogens is 498 g/mol. The van der Waals surface area contributed by atoms with Crippen LogP contribution in [0.3, 0.4) is 0 Å². The zero-order chi connectivity index (χ0) is 25.1. The third-order valence-corrected chi connectivity index (χ3v) is 6.58. The molecule has 0 saturated carbocycles. The average Bonchev–Trinajstić information content (AvgIpc) is 2.74. The van der Waals surface area contributed by atoms with E-state index in [2.05, 4.69) is 11.7 Å². The Morgan fingerprint density at radius 2 is 1.23 bits per heavy atom. The minimum absolute atomic E-state index is 0. The Kier molecular flexibility index (Phi) is 28.0. The van der Waals surface area contributed by atoms with Crippen LogP contribution in [0, 0.1) is 0 Å². The summed E-state index contributed by atoms with van der Waals surface area (Å²) < 4.78 is 43.0. The van der Waals surface area contributed by atoms with Crippen molar-refractivity contribution in [1.82, 2.24) is 0 Å². The van der Waals surface area contributed by atoms with Gasteiger partial charge in [0.05, 0.1) is 24.7 Å². The van der Waals surface area contributed by atoms with Crippen molar-refractivity contribution in [1.29, 1.82) is 0 Å². The molecule has 0 bridgehead atoms. The van der Waals surface area contributed by atoms with Gasteiger partial charge < -0.3 is 23.9 Å². The molecule has 35 heavy (non-hydrogen) atoms. The molecule has 2 unspecified atom stereocenters. The van der Waals surface area contributed by atoms with Crippen LogP contribution < -0.4 is 64.2 Å².